The Morgan fingerprint density at radius 3 is 2.50 bits per heavy atom. The highest BCUT2D eigenvalue weighted by Crippen LogP contribution is 2.29. The molecule has 0 saturated heterocycles. The highest BCUT2D eigenvalue weighted by Gasteiger charge is 2.31. The Morgan fingerprint density at radius 2 is 1.94 bits per heavy atom. The van der Waals surface area contributed by atoms with Crippen LogP contribution in [0.15, 0.2) is 24.3 Å². The summed E-state index contributed by atoms with van der Waals surface area (Å²) in [7, 11) is 1.49. The molecule has 0 aliphatic heterocycles. The van der Waals surface area contributed by atoms with Crippen molar-refractivity contribution in [2.75, 3.05) is 7.11 Å². The molecule has 1 aromatic carbocycles. The van der Waals surface area contributed by atoms with Crippen LogP contribution in [-0.2, 0) is 11.3 Å². The van der Waals surface area contributed by atoms with Gasteiger partial charge in [-0.25, -0.2) is 0 Å². The van der Waals surface area contributed by atoms with E-state index in [-0.39, 0.29) is 6.61 Å². The third kappa shape index (κ3) is 3.83. The molecule has 0 radical (unpaired) electrons. The molecule has 0 heterocycles. The highest BCUT2D eigenvalue weighted by atomic mass is 19.4. The van der Waals surface area contributed by atoms with Crippen LogP contribution in [0.2, 0.25) is 0 Å². The van der Waals surface area contributed by atoms with Gasteiger partial charge in [-0.15, -0.1) is 0 Å². The van der Waals surface area contributed by atoms with Crippen molar-refractivity contribution in [3.05, 3.63) is 35.4 Å². The van der Waals surface area contributed by atoms with E-state index >= 15 is 0 Å². The molecule has 2 nitrogen and oxygen atoms in total. The summed E-state index contributed by atoms with van der Waals surface area (Å²) >= 11 is 0. The molecule has 0 aliphatic carbocycles. The monoisotopic (exact) mass is 233 g/mol. The van der Waals surface area contributed by atoms with Crippen molar-refractivity contribution in [1.82, 2.24) is 0 Å². The third-order valence-corrected chi connectivity index (χ3v) is 2.21. The van der Waals surface area contributed by atoms with Crippen LogP contribution in [0.1, 0.15) is 23.6 Å². The van der Waals surface area contributed by atoms with Crippen LogP contribution < -0.4 is 5.73 Å². The molecule has 1 rings (SSSR count). The SMILES string of the molecule is COCc1ccccc1C(N)CC(F)(F)F. The van der Waals surface area contributed by atoms with E-state index in [9.17, 15) is 13.2 Å². The van der Waals surface area contributed by atoms with Crippen molar-refractivity contribution >= 4 is 0 Å². The lowest BCUT2D eigenvalue weighted by atomic mass is 9.99. The van der Waals surface area contributed by atoms with Crippen molar-refractivity contribution < 1.29 is 17.9 Å². The summed E-state index contributed by atoms with van der Waals surface area (Å²) in [4.78, 5) is 0. The second-order valence-corrected chi connectivity index (χ2v) is 3.56. The van der Waals surface area contributed by atoms with Gasteiger partial charge in [0, 0.05) is 13.2 Å². The molecular weight excluding hydrogens is 219 g/mol. The topological polar surface area (TPSA) is 35.2 Å². The van der Waals surface area contributed by atoms with Crippen LogP contribution in [-0.4, -0.2) is 13.3 Å². The molecule has 2 N–H and O–H groups in total. The van der Waals surface area contributed by atoms with E-state index in [4.69, 9.17) is 10.5 Å². The first kappa shape index (κ1) is 13.0. The fourth-order valence-electron chi connectivity index (χ4n) is 1.54. The molecule has 0 spiro atoms. The van der Waals surface area contributed by atoms with Gasteiger partial charge in [-0.2, -0.15) is 13.2 Å². The predicted octanol–water partition coefficient (Wildman–Crippen LogP) is 2.79. The maximum absolute atomic E-state index is 12.2. The van der Waals surface area contributed by atoms with Gasteiger partial charge < -0.3 is 10.5 Å². The maximum Gasteiger partial charge on any atom is 0.390 e. The number of methoxy groups -OCH3 is 1. The Kier molecular flexibility index (Phi) is 4.32. The number of rotatable bonds is 4. The minimum absolute atomic E-state index is 0.266. The number of ether oxygens (including phenoxy) is 1. The molecule has 1 aromatic rings. The van der Waals surface area contributed by atoms with Gasteiger partial charge in [0.25, 0.3) is 0 Å². The molecule has 0 aliphatic rings. The van der Waals surface area contributed by atoms with Crippen LogP contribution in [0.3, 0.4) is 0 Å². The van der Waals surface area contributed by atoms with Crippen molar-refractivity contribution in [1.29, 1.82) is 0 Å². The van der Waals surface area contributed by atoms with Crippen LogP contribution in [0, 0.1) is 0 Å². The van der Waals surface area contributed by atoms with Gasteiger partial charge in [-0.3, -0.25) is 0 Å². The Balaban J connectivity index is 2.85. The minimum atomic E-state index is -4.25. The third-order valence-electron chi connectivity index (χ3n) is 2.21. The van der Waals surface area contributed by atoms with Crippen molar-refractivity contribution in [2.24, 2.45) is 5.73 Å². The Hall–Kier alpha value is -1.07. The zero-order valence-corrected chi connectivity index (χ0v) is 8.92. The quantitative estimate of drug-likeness (QED) is 0.867. The summed E-state index contributed by atoms with van der Waals surface area (Å²) in [5, 5.41) is 0. The number of hydrogen-bond donors (Lipinski definition) is 1. The Bertz CT molecular complexity index is 338. The first-order valence-electron chi connectivity index (χ1n) is 4.83. The van der Waals surface area contributed by atoms with Gasteiger partial charge in [0.05, 0.1) is 13.0 Å². The van der Waals surface area contributed by atoms with Gasteiger partial charge in [-0.05, 0) is 11.1 Å². The van der Waals surface area contributed by atoms with Crippen LogP contribution in [0.4, 0.5) is 13.2 Å². The maximum atomic E-state index is 12.2. The first-order valence-corrected chi connectivity index (χ1v) is 4.83. The second-order valence-electron chi connectivity index (χ2n) is 3.56. The van der Waals surface area contributed by atoms with E-state index in [2.05, 4.69) is 0 Å². The first-order chi connectivity index (χ1) is 7.44. The predicted molar refractivity (Wildman–Crippen MR) is 54.8 cm³/mol. The second kappa shape index (κ2) is 5.32. The summed E-state index contributed by atoms with van der Waals surface area (Å²) < 4.78 is 41.5. The van der Waals surface area contributed by atoms with Crippen LogP contribution in [0.5, 0.6) is 0 Å². The van der Waals surface area contributed by atoms with Crippen molar-refractivity contribution in [2.45, 2.75) is 25.2 Å². The fourth-order valence-corrected chi connectivity index (χ4v) is 1.54. The average molecular weight is 233 g/mol. The fraction of sp³-hybridized carbons (Fsp3) is 0.455. The van der Waals surface area contributed by atoms with Gasteiger partial charge in [0.15, 0.2) is 0 Å². The smallest absolute Gasteiger partial charge is 0.380 e. The number of nitrogens with two attached hydrogens (primary N) is 1. The van der Waals surface area contributed by atoms with Crippen molar-refractivity contribution in [3.8, 4) is 0 Å². The molecule has 0 amide bonds. The lowest BCUT2D eigenvalue weighted by Gasteiger charge is -2.17. The lowest BCUT2D eigenvalue weighted by Crippen LogP contribution is -2.21. The summed E-state index contributed by atoms with van der Waals surface area (Å²) in [6.07, 6.45) is -5.27. The Labute approximate surface area is 92.2 Å². The average Bonchev–Trinajstić information content (AvgIpc) is 2.16. The van der Waals surface area contributed by atoms with E-state index in [1.807, 2.05) is 0 Å². The number of alkyl halides is 3. The zero-order chi connectivity index (χ0) is 12.2. The van der Waals surface area contributed by atoms with Crippen molar-refractivity contribution in [3.63, 3.8) is 0 Å². The summed E-state index contributed by atoms with van der Waals surface area (Å²) in [5.74, 6) is 0. The van der Waals surface area contributed by atoms with Crippen LogP contribution in [0.25, 0.3) is 0 Å². The minimum Gasteiger partial charge on any atom is -0.380 e. The van der Waals surface area contributed by atoms with Gasteiger partial charge in [-0.1, -0.05) is 24.3 Å². The molecular formula is C11H14F3NO. The summed E-state index contributed by atoms with van der Waals surface area (Å²) in [5.41, 5.74) is 6.72. The van der Waals surface area contributed by atoms with Crippen LogP contribution >= 0.6 is 0 Å². The number of halogens is 3. The highest BCUT2D eigenvalue weighted by molar-refractivity contribution is 5.29. The normalized spacial score (nSPS) is 13.8. The standard InChI is InChI=1S/C11H14F3NO/c1-16-7-8-4-2-3-5-9(8)10(15)6-11(12,13)14/h2-5,10H,6-7,15H2,1H3. The van der Waals surface area contributed by atoms with Gasteiger partial charge in [0.1, 0.15) is 0 Å². The summed E-state index contributed by atoms with van der Waals surface area (Å²) in [6.45, 7) is 0.266. The molecule has 0 saturated carbocycles. The van der Waals surface area contributed by atoms with Gasteiger partial charge >= 0.3 is 6.18 Å². The largest absolute Gasteiger partial charge is 0.390 e. The van der Waals surface area contributed by atoms with Gasteiger partial charge in [0.2, 0.25) is 0 Å². The molecule has 90 valence electrons. The number of benzene rings is 1. The molecule has 0 fully saturated rings. The lowest BCUT2D eigenvalue weighted by molar-refractivity contribution is -0.138. The van der Waals surface area contributed by atoms with E-state index in [0.717, 1.165) is 0 Å². The molecule has 1 unspecified atom stereocenters. The molecule has 5 heteroatoms. The number of hydrogen-bond acceptors (Lipinski definition) is 2. The molecule has 1 atom stereocenters. The molecule has 0 aromatic heterocycles. The van der Waals surface area contributed by atoms with E-state index in [1.54, 1.807) is 24.3 Å². The Morgan fingerprint density at radius 1 is 1.31 bits per heavy atom. The molecule has 0 bridgehead atoms. The van der Waals surface area contributed by atoms with E-state index in [0.29, 0.717) is 11.1 Å². The summed E-state index contributed by atoms with van der Waals surface area (Å²) in [6, 6.07) is 5.70. The zero-order valence-electron chi connectivity index (χ0n) is 8.92. The molecule has 16 heavy (non-hydrogen) atoms. The van der Waals surface area contributed by atoms with E-state index < -0.39 is 18.6 Å². The van der Waals surface area contributed by atoms with E-state index in [1.165, 1.54) is 7.11 Å².